The number of nitrogens with one attached hydrogen (secondary N) is 1. The van der Waals surface area contributed by atoms with Crippen molar-refractivity contribution in [3.05, 3.63) is 52.6 Å². The van der Waals surface area contributed by atoms with Crippen LogP contribution in [0, 0.1) is 19.7 Å². The van der Waals surface area contributed by atoms with E-state index in [-0.39, 0.29) is 11.9 Å². The number of aryl methyl sites for hydroxylation is 2. The van der Waals surface area contributed by atoms with Crippen LogP contribution in [0.1, 0.15) is 28.4 Å². The van der Waals surface area contributed by atoms with E-state index in [2.05, 4.69) is 10.5 Å². The minimum absolute atomic E-state index is 0.256. The Morgan fingerprint density at radius 2 is 2.06 bits per heavy atom. The van der Waals surface area contributed by atoms with Gasteiger partial charge in [-0.25, -0.2) is 9.82 Å². The summed E-state index contributed by atoms with van der Waals surface area (Å²) in [4.78, 5) is 0. The third-order valence-electron chi connectivity index (χ3n) is 3.15. The van der Waals surface area contributed by atoms with E-state index in [0.717, 1.165) is 22.4 Å². The van der Waals surface area contributed by atoms with Crippen LogP contribution in [0.2, 0.25) is 0 Å². The molecule has 0 saturated carbocycles. The van der Waals surface area contributed by atoms with E-state index in [9.17, 15) is 4.39 Å². The number of nitrogens with two attached hydrogens (primary N) is 1. The van der Waals surface area contributed by atoms with Gasteiger partial charge in [-0.1, -0.05) is 6.07 Å². The van der Waals surface area contributed by atoms with Crippen molar-refractivity contribution < 1.29 is 4.39 Å². The number of hydrogen-bond donors (Lipinski definition) is 2. The zero-order valence-electron chi connectivity index (χ0n) is 10.7. The molecule has 0 amide bonds. The van der Waals surface area contributed by atoms with Crippen molar-refractivity contribution in [1.29, 1.82) is 0 Å². The van der Waals surface area contributed by atoms with Crippen LogP contribution >= 0.6 is 0 Å². The van der Waals surface area contributed by atoms with Gasteiger partial charge in [-0.15, -0.1) is 0 Å². The summed E-state index contributed by atoms with van der Waals surface area (Å²) in [7, 11) is 1.86. The highest BCUT2D eigenvalue weighted by molar-refractivity contribution is 5.35. The van der Waals surface area contributed by atoms with Gasteiger partial charge in [0.2, 0.25) is 0 Å². The largest absolute Gasteiger partial charge is 0.273 e. The van der Waals surface area contributed by atoms with Crippen LogP contribution < -0.4 is 11.3 Å². The number of nitrogens with zero attached hydrogens (tertiary/aromatic N) is 2. The maximum Gasteiger partial charge on any atom is 0.123 e. The fourth-order valence-electron chi connectivity index (χ4n) is 2.10. The monoisotopic (exact) mass is 248 g/mol. The van der Waals surface area contributed by atoms with Crippen LogP contribution in [0.15, 0.2) is 24.4 Å². The van der Waals surface area contributed by atoms with Gasteiger partial charge in [-0.3, -0.25) is 10.5 Å². The van der Waals surface area contributed by atoms with Gasteiger partial charge in [0.15, 0.2) is 0 Å². The molecule has 0 aliphatic heterocycles. The molecule has 1 aromatic carbocycles. The molecule has 2 aromatic rings. The second-order valence-electron chi connectivity index (χ2n) is 4.47. The molecule has 0 saturated heterocycles. The summed E-state index contributed by atoms with van der Waals surface area (Å²) in [6.45, 7) is 3.81. The van der Waals surface area contributed by atoms with E-state index < -0.39 is 0 Å². The third-order valence-corrected chi connectivity index (χ3v) is 3.15. The molecule has 0 spiro atoms. The first kappa shape index (κ1) is 12.7. The zero-order chi connectivity index (χ0) is 13.3. The van der Waals surface area contributed by atoms with E-state index in [4.69, 9.17) is 5.84 Å². The maximum atomic E-state index is 13.5. The molecule has 18 heavy (non-hydrogen) atoms. The Morgan fingerprint density at radius 3 is 2.56 bits per heavy atom. The summed E-state index contributed by atoms with van der Waals surface area (Å²) < 4.78 is 15.2. The van der Waals surface area contributed by atoms with Gasteiger partial charge in [0.1, 0.15) is 5.82 Å². The Balaban J connectivity index is 2.48. The topological polar surface area (TPSA) is 55.9 Å². The number of halogens is 1. The van der Waals surface area contributed by atoms with E-state index >= 15 is 0 Å². The van der Waals surface area contributed by atoms with Gasteiger partial charge in [-0.2, -0.15) is 5.10 Å². The van der Waals surface area contributed by atoms with Gasteiger partial charge in [0, 0.05) is 18.3 Å². The quantitative estimate of drug-likeness (QED) is 0.642. The molecular weight excluding hydrogens is 231 g/mol. The second kappa shape index (κ2) is 4.88. The molecule has 96 valence electrons. The van der Waals surface area contributed by atoms with Crippen molar-refractivity contribution in [2.45, 2.75) is 19.9 Å². The standard InChI is InChI=1S/C13H17FN4/c1-8-4-10(6-11(14)5-8)13(17-15)12-7-16-18(3)9(12)2/h4-7,13,17H,15H2,1-3H3. The molecule has 0 fully saturated rings. The lowest BCUT2D eigenvalue weighted by molar-refractivity contribution is 0.601. The molecule has 1 heterocycles. The van der Waals surface area contributed by atoms with Gasteiger partial charge in [0.25, 0.3) is 0 Å². The molecule has 0 aliphatic carbocycles. The van der Waals surface area contributed by atoms with Gasteiger partial charge >= 0.3 is 0 Å². The molecule has 0 bridgehead atoms. The van der Waals surface area contributed by atoms with E-state index in [1.54, 1.807) is 10.9 Å². The van der Waals surface area contributed by atoms with Crippen molar-refractivity contribution >= 4 is 0 Å². The highest BCUT2D eigenvalue weighted by Crippen LogP contribution is 2.25. The summed E-state index contributed by atoms with van der Waals surface area (Å²) in [5.74, 6) is 5.35. The Bertz CT molecular complexity index is 542. The predicted molar refractivity (Wildman–Crippen MR) is 68.2 cm³/mol. The first-order chi connectivity index (χ1) is 8.52. The van der Waals surface area contributed by atoms with Crippen molar-refractivity contribution in [1.82, 2.24) is 15.2 Å². The highest BCUT2D eigenvalue weighted by Gasteiger charge is 2.18. The number of aromatic nitrogens is 2. The Morgan fingerprint density at radius 1 is 1.33 bits per heavy atom. The summed E-state index contributed by atoms with van der Waals surface area (Å²) in [5, 5.41) is 4.18. The van der Waals surface area contributed by atoms with Crippen molar-refractivity contribution in [3.63, 3.8) is 0 Å². The molecule has 4 nitrogen and oxygen atoms in total. The predicted octanol–water partition coefficient (Wildman–Crippen LogP) is 1.73. The average molecular weight is 248 g/mol. The van der Waals surface area contributed by atoms with E-state index in [1.807, 2.05) is 27.0 Å². The van der Waals surface area contributed by atoms with Gasteiger partial charge in [-0.05, 0) is 37.1 Å². The minimum atomic E-state index is -0.258. The first-order valence-electron chi connectivity index (χ1n) is 5.74. The number of hydrazine groups is 1. The fraction of sp³-hybridized carbons (Fsp3) is 0.308. The van der Waals surface area contributed by atoms with Gasteiger partial charge in [0.05, 0.1) is 12.2 Å². The maximum absolute atomic E-state index is 13.5. The number of rotatable bonds is 3. The third kappa shape index (κ3) is 2.27. The molecule has 1 atom stereocenters. The Kier molecular flexibility index (Phi) is 3.45. The molecule has 1 aromatic heterocycles. The van der Waals surface area contributed by atoms with Crippen LogP contribution in [0.25, 0.3) is 0 Å². The lowest BCUT2D eigenvalue weighted by Gasteiger charge is -2.17. The first-order valence-corrected chi connectivity index (χ1v) is 5.74. The lowest BCUT2D eigenvalue weighted by atomic mass is 9.98. The van der Waals surface area contributed by atoms with Crippen molar-refractivity contribution in [2.75, 3.05) is 0 Å². The lowest BCUT2D eigenvalue weighted by Crippen LogP contribution is -2.29. The molecular formula is C13H17FN4. The van der Waals surface area contributed by atoms with Crippen LogP contribution in [-0.4, -0.2) is 9.78 Å². The number of benzene rings is 1. The van der Waals surface area contributed by atoms with Gasteiger partial charge < -0.3 is 0 Å². The number of hydrogen-bond acceptors (Lipinski definition) is 3. The molecule has 5 heteroatoms. The average Bonchev–Trinajstić information content (AvgIpc) is 2.61. The highest BCUT2D eigenvalue weighted by atomic mass is 19.1. The van der Waals surface area contributed by atoms with E-state index in [0.29, 0.717) is 0 Å². The van der Waals surface area contributed by atoms with Crippen molar-refractivity contribution in [2.24, 2.45) is 12.9 Å². The van der Waals surface area contributed by atoms with Crippen LogP contribution in [0.3, 0.4) is 0 Å². The molecule has 0 aliphatic rings. The Labute approximate surface area is 106 Å². The summed E-state index contributed by atoms with van der Waals surface area (Å²) in [5.41, 5.74) is 6.34. The summed E-state index contributed by atoms with van der Waals surface area (Å²) in [6.07, 6.45) is 1.75. The Hall–Kier alpha value is -1.72. The van der Waals surface area contributed by atoms with Crippen LogP contribution in [-0.2, 0) is 7.05 Å². The summed E-state index contributed by atoms with van der Waals surface area (Å²) >= 11 is 0. The van der Waals surface area contributed by atoms with E-state index in [1.165, 1.54) is 12.1 Å². The fourth-order valence-corrected chi connectivity index (χ4v) is 2.10. The van der Waals surface area contributed by atoms with Crippen molar-refractivity contribution in [3.8, 4) is 0 Å². The molecule has 3 N–H and O–H groups in total. The second-order valence-corrected chi connectivity index (χ2v) is 4.47. The normalized spacial score (nSPS) is 12.7. The molecule has 1 unspecified atom stereocenters. The molecule has 0 radical (unpaired) electrons. The zero-order valence-corrected chi connectivity index (χ0v) is 10.7. The minimum Gasteiger partial charge on any atom is -0.273 e. The SMILES string of the molecule is Cc1cc(F)cc(C(NN)c2cnn(C)c2C)c1. The van der Waals surface area contributed by atoms with Crippen LogP contribution in [0.4, 0.5) is 4.39 Å². The van der Waals surface area contributed by atoms with Crippen LogP contribution in [0.5, 0.6) is 0 Å². The summed E-state index contributed by atoms with van der Waals surface area (Å²) in [6, 6.07) is 4.64. The molecule has 2 rings (SSSR count). The smallest absolute Gasteiger partial charge is 0.123 e.